The molecule has 1 aromatic rings. The first-order chi connectivity index (χ1) is 6.77. The maximum absolute atomic E-state index is 13.5. The van der Waals surface area contributed by atoms with E-state index in [2.05, 4.69) is 20.8 Å². The van der Waals surface area contributed by atoms with E-state index in [0.717, 1.165) is 5.56 Å². The van der Waals surface area contributed by atoms with Crippen LogP contribution in [0.15, 0.2) is 24.3 Å². The SMILES string of the molecule is CC[Si](F)(F)c1ccc(C(C)(C)C)cc1. The summed E-state index contributed by atoms with van der Waals surface area (Å²) in [7, 11) is -4.14. The van der Waals surface area contributed by atoms with Crippen LogP contribution in [0.2, 0.25) is 6.04 Å². The molecular weight excluding hydrogens is 210 g/mol. The Morgan fingerprint density at radius 2 is 1.53 bits per heavy atom. The normalized spacial score (nSPS) is 12.9. The lowest BCUT2D eigenvalue weighted by molar-refractivity contribution is 0.589. The molecule has 0 aliphatic heterocycles. The van der Waals surface area contributed by atoms with Gasteiger partial charge < -0.3 is 0 Å². The molecule has 0 saturated heterocycles. The van der Waals surface area contributed by atoms with Crippen molar-refractivity contribution in [2.75, 3.05) is 0 Å². The average molecular weight is 228 g/mol. The molecule has 0 radical (unpaired) electrons. The van der Waals surface area contributed by atoms with Gasteiger partial charge in [-0.1, -0.05) is 52.0 Å². The quantitative estimate of drug-likeness (QED) is 0.536. The Hall–Kier alpha value is -0.703. The highest BCUT2D eigenvalue weighted by Crippen LogP contribution is 2.22. The van der Waals surface area contributed by atoms with Crippen LogP contribution in [0.25, 0.3) is 0 Å². The molecule has 0 aliphatic carbocycles. The van der Waals surface area contributed by atoms with Crippen molar-refractivity contribution in [2.24, 2.45) is 0 Å². The van der Waals surface area contributed by atoms with Gasteiger partial charge in [0.05, 0.1) is 0 Å². The lowest BCUT2D eigenvalue weighted by Crippen LogP contribution is -2.38. The predicted octanol–water partition coefficient (Wildman–Crippen LogP) is 3.59. The first kappa shape index (κ1) is 12.4. The molecule has 0 amide bonds. The summed E-state index contributed by atoms with van der Waals surface area (Å²) in [4.78, 5) is 0. The van der Waals surface area contributed by atoms with Gasteiger partial charge in [0.2, 0.25) is 0 Å². The zero-order valence-corrected chi connectivity index (χ0v) is 10.8. The number of hydrogen-bond donors (Lipinski definition) is 0. The molecule has 1 rings (SSSR count). The Balaban J connectivity index is 3.01. The average Bonchev–Trinajstić information content (AvgIpc) is 2.17. The third-order valence-corrected chi connectivity index (χ3v) is 4.68. The van der Waals surface area contributed by atoms with Crippen LogP contribution < -0.4 is 5.19 Å². The fourth-order valence-corrected chi connectivity index (χ4v) is 2.48. The second-order valence-corrected chi connectivity index (χ2v) is 7.58. The summed E-state index contributed by atoms with van der Waals surface area (Å²) in [6.07, 6.45) is 0. The molecule has 1 aromatic carbocycles. The summed E-state index contributed by atoms with van der Waals surface area (Å²) in [6.45, 7) is 7.80. The van der Waals surface area contributed by atoms with E-state index in [9.17, 15) is 8.22 Å². The van der Waals surface area contributed by atoms with Gasteiger partial charge in [0.15, 0.2) is 0 Å². The Bertz CT molecular complexity index is 322. The fraction of sp³-hybridized carbons (Fsp3) is 0.500. The van der Waals surface area contributed by atoms with E-state index in [1.807, 2.05) is 12.1 Å². The standard InChI is InChI=1S/C12H18F2Si/c1-5-15(13,14)11-8-6-10(7-9-11)12(2,3)4/h6-9H,5H2,1-4H3. The van der Waals surface area contributed by atoms with Crippen molar-refractivity contribution in [1.29, 1.82) is 0 Å². The smallest absolute Gasteiger partial charge is 0.265 e. The van der Waals surface area contributed by atoms with E-state index < -0.39 is 8.74 Å². The summed E-state index contributed by atoms with van der Waals surface area (Å²) >= 11 is 0. The van der Waals surface area contributed by atoms with Gasteiger partial charge in [-0.2, -0.15) is 0 Å². The van der Waals surface area contributed by atoms with Crippen molar-refractivity contribution in [2.45, 2.75) is 39.2 Å². The number of rotatable bonds is 2. The van der Waals surface area contributed by atoms with Gasteiger partial charge in [-0.05, 0) is 17.0 Å². The van der Waals surface area contributed by atoms with E-state index in [4.69, 9.17) is 0 Å². The van der Waals surface area contributed by atoms with Crippen LogP contribution in [0.3, 0.4) is 0 Å². The van der Waals surface area contributed by atoms with Crippen LogP contribution in [-0.4, -0.2) is 8.74 Å². The molecule has 0 saturated carbocycles. The Labute approximate surface area is 91.7 Å². The molecule has 0 unspecified atom stereocenters. The summed E-state index contributed by atoms with van der Waals surface area (Å²) in [5, 5.41) is 0.248. The van der Waals surface area contributed by atoms with Crippen molar-refractivity contribution in [3.63, 3.8) is 0 Å². The summed E-state index contributed by atoms with van der Waals surface area (Å²) < 4.78 is 26.9. The second-order valence-electron chi connectivity index (χ2n) is 4.89. The summed E-state index contributed by atoms with van der Waals surface area (Å²) in [5.74, 6) is 0. The van der Waals surface area contributed by atoms with Crippen molar-refractivity contribution in [3.8, 4) is 0 Å². The summed E-state index contributed by atoms with van der Waals surface area (Å²) in [6, 6.07) is 6.83. The van der Waals surface area contributed by atoms with Crippen molar-refractivity contribution >= 4 is 13.9 Å². The highest BCUT2D eigenvalue weighted by molar-refractivity contribution is 6.79. The minimum atomic E-state index is -4.14. The van der Waals surface area contributed by atoms with Gasteiger partial charge in [-0.3, -0.25) is 8.22 Å². The zero-order chi connectivity index (χ0) is 11.7. The van der Waals surface area contributed by atoms with Crippen molar-refractivity contribution < 1.29 is 8.22 Å². The molecule has 0 aliphatic rings. The number of benzene rings is 1. The Morgan fingerprint density at radius 1 is 1.07 bits per heavy atom. The van der Waals surface area contributed by atoms with Gasteiger partial charge in [0.25, 0.3) is 0 Å². The third-order valence-electron chi connectivity index (χ3n) is 2.62. The molecule has 0 spiro atoms. The lowest BCUT2D eigenvalue weighted by atomic mass is 9.87. The molecule has 0 aromatic heterocycles. The van der Waals surface area contributed by atoms with Crippen LogP contribution in [0, 0.1) is 0 Å². The Kier molecular flexibility index (Phi) is 3.33. The van der Waals surface area contributed by atoms with Crippen molar-refractivity contribution in [3.05, 3.63) is 29.8 Å². The van der Waals surface area contributed by atoms with Crippen molar-refractivity contribution in [1.82, 2.24) is 0 Å². The van der Waals surface area contributed by atoms with Gasteiger partial charge in [-0.25, -0.2) is 0 Å². The first-order valence-electron chi connectivity index (χ1n) is 5.26. The molecule has 3 heteroatoms. The molecule has 15 heavy (non-hydrogen) atoms. The van der Waals surface area contributed by atoms with Gasteiger partial charge >= 0.3 is 8.74 Å². The number of hydrogen-bond acceptors (Lipinski definition) is 0. The molecule has 84 valence electrons. The zero-order valence-electron chi connectivity index (χ0n) is 9.77. The molecule has 0 fully saturated rings. The van der Waals surface area contributed by atoms with Gasteiger partial charge in [-0.15, -0.1) is 0 Å². The van der Waals surface area contributed by atoms with Crippen LogP contribution in [0.1, 0.15) is 33.3 Å². The Morgan fingerprint density at radius 3 is 1.87 bits per heavy atom. The van der Waals surface area contributed by atoms with Crippen LogP contribution in [0.4, 0.5) is 8.22 Å². The van der Waals surface area contributed by atoms with E-state index in [1.165, 1.54) is 0 Å². The number of halogens is 2. The predicted molar refractivity (Wildman–Crippen MR) is 63.2 cm³/mol. The van der Waals surface area contributed by atoms with E-state index in [-0.39, 0.29) is 16.6 Å². The topological polar surface area (TPSA) is 0 Å². The van der Waals surface area contributed by atoms with E-state index >= 15 is 0 Å². The molecule has 0 bridgehead atoms. The molecule has 0 nitrogen and oxygen atoms in total. The van der Waals surface area contributed by atoms with Crippen LogP contribution >= 0.6 is 0 Å². The maximum Gasteiger partial charge on any atom is 0.455 e. The highest BCUT2D eigenvalue weighted by atomic mass is 28.4. The van der Waals surface area contributed by atoms with E-state index in [0.29, 0.717) is 0 Å². The van der Waals surface area contributed by atoms with Gasteiger partial charge in [0, 0.05) is 5.19 Å². The monoisotopic (exact) mass is 228 g/mol. The maximum atomic E-state index is 13.5. The summed E-state index contributed by atoms with van der Waals surface area (Å²) in [5.41, 5.74) is 1.13. The highest BCUT2D eigenvalue weighted by Gasteiger charge is 2.35. The van der Waals surface area contributed by atoms with E-state index in [1.54, 1.807) is 19.1 Å². The largest absolute Gasteiger partial charge is 0.455 e. The van der Waals surface area contributed by atoms with Gasteiger partial charge in [0.1, 0.15) is 0 Å². The third kappa shape index (κ3) is 2.87. The second kappa shape index (κ2) is 4.04. The lowest BCUT2D eigenvalue weighted by Gasteiger charge is -2.20. The molecule has 0 atom stereocenters. The minimum absolute atomic E-state index is 0.0120. The molecule has 0 heterocycles. The van der Waals surface area contributed by atoms with Crippen LogP contribution in [-0.2, 0) is 5.41 Å². The van der Waals surface area contributed by atoms with Crippen LogP contribution in [0.5, 0.6) is 0 Å². The fourth-order valence-electron chi connectivity index (χ4n) is 1.42. The minimum Gasteiger partial charge on any atom is -0.265 e. The molecular formula is C12H18F2Si. The first-order valence-corrected chi connectivity index (χ1v) is 7.22. The molecule has 0 N–H and O–H groups in total.